The van der Waals surface area contributed by atoms with E-state index in [9.17, 15) is 4.79 Å². The Morgan fingerprint density at radius 3 is 2.59 bits per heavy atom. The van der Waals surface area contributed by atoms with Crippen molar-refractivity contribution >= 4 is 34.4 Å². The minimum atomic E-state index is -0.686. The van der Waals surface area contributed by atoms with Gasteiger partial charge < -0.3 is 19.8 Å². The lowest BCUT2D eigenvalue weighted by molar-refractivity contribution is -0.125. The number of amides is 1. The van der Waals surface area contributed by atoms with Crippen molar-refractivity contribution in [1.82, 2.24) is 9.97 Å². The van der Waals surface area contributed by atoms with Gasteiger partial charge in [-0.15, -0.1) is 0 Å². The van der Waals surface area contributed by atoms with Gasteiger partial charge in [-0.1, -0.05) is 36.0 Å². The first-order valence-electron chi connectivity index (χ1n) is 9.17. The van der Waals surface area contributed by atoms with Crippen LogP contribution in [-0.4, -0.2) is 28.6 Å². The largest absolute Gasteiger partial charge is 0.485 e. The van der Waals surface area contributed by atoms with Crippen molar-refractivity contribution in [1.29, 1.82) is 0 Å². The Balaban J connectivity index is 1.23. The van der Waals surface area contributed by atoms with Gasteiger partial charge in [-0.25, -0.2) is 4.98 Å². The van der Waals surface area contributed by atoms with Crippen LogP contribution in [0.3, 0.4) is 0 Å². The van der Waals surface area contributed by atoms with Gasteiger partial charge in [-0.05, 0) is 48.5 Å². The van der Waals surface area contributed by atoms with E-state index in [0.717, 1.165) is 21.1 Å². The molecule has 5 rings (SSSR count). The molecule has 0 spiro atoms. The smallest absolute Gasteiger partial charge is 0.269 e. The molecule has 0 saturated heterocycles. The average Bonchev–Trinajstić information content (AvgIpc) is 3.17. The first-order chi connectivity index (χ1) is 14.2. The third-order valence-electron chi connectivity index (χ3n) is 4.51. The van der Waals surface area contributed by atoms with E-state index in [2.05, 4.69) is 15.3 Å². The van der Waals surface area contributed by atoms with E-state index in [4.69, 9.17) is 9.47 Å². The Bertz CT molecular complexity index is 1140. The lowest BCUT2D eigenvalue weighted by Crippen LogP contribution is -2.40. The summed E-state index contributed by atoms with van der Waals surface area (Å²) in [6.07, 6.45) is -0.686. The summed E-state index contributed by atoms with van der Waals surface area (Å²) in [5.41, 5.74) is 2.65. The molecular formula is C22H17N3O3S. The van der Waals surface area contributed by atoms with Crippen LogP contribution in [0, 0.1) is 0 Å². The number of hydrogen-bond acceptors (Lipinski definition) is 5. The molecule has 2 N–H and O–H groups in total. The molecule has 3 aromatic carbocycles. The summed E-state index contributed by atoms with van der Waals surface area (Å²) in [6, 6.07) is 22.9. The van der Waals surface area contributed by atoms with Crippen LogP contribution in [0.5, 0.6) is 11.5 Å². The Kier molecular flexibility index (Phi) is 4.57. The van der Waals surface area contributed by atoms with Gasteiger partial charge in [0.15, 0.2) is 16.7 Å². The number of anilines is 1. The van der Waals surface area contributed by atoms with E-state index in [1.807, 2.05) is 66.7 Å². The summed E-state index contributed by atoms with van der Waals surface area (Å²) < 4.78 is 11.3. The molecule has 144 valence electrons. The molecule has 0 aliphatic carbocycles. The van der Waals surface area contributed by atoms with Crippen molar-refractivity contribution in [3.8, 4) is 11.5 Å². The quantitative estimate of drug-likeness (QED) is 0.525. The number of ether oxygens (including phenoxy) is 2. The van der Waals surface area contributed by atoms with Gasteiger partial charge in [-0.3, -0.25) is 4.79 Å². The number of hydrogen-bond donors (Lipinski definition) is 2. The number of para-hydroxylation sites is 4. The number of rotatable bonds is 4. The maximum Gasteiger partial charge on any atom is 0.269 e. The van der Waals surface area contributed by atoms with Gasteiger partial charge in [0.2, 0.25) is 6.10 Å². The Labute approximate surface area is 171 Å². The second kappa shape index (κ2) is 7.52. The van der Waals surface area contributed by atoms with Gasteiger partial charge in [0.1, 0.15) is 6.61 Å². The van der Waals surface area contributed by atoms with Crippen molar-refractivity contribution in [2.75, 3.05) is 11.9 Å². The standard InChI is InChI=1S/C22H17N3O3S/c26-21(20-13-27-18-7-3-4-8-19(18)28-20)23-14-9-11-15(12-10-14)29-22-24-16-5-1-2-6-17(16)25-22/h1-12,20H,13H2,(H,23,26)(H,24,25)/t20-/m0/s1. The van der Waals surface area contributed by atoms with Crippen LogP contribution in [-0.2, 0) is 4.79 Å². The predicted molar refractivity (Wildman–Crippen MR) is 112 cm³/mol. The summed E-state index contributed by atoms with van der Waals surface area (Å²) >= 11 is 1.54. The van der Waals surface area contributed by atoms with Crippen molar-refractivity contribution in [3.63, 3.8) is 0 Å². The molecule has 0 fully saturated rings. The highest BCUT2D eigenvalue weighted by Crippen LogP contribution is 2.31. The molecule has 0 radical (unpaired) electrons. The predicted octanol–water partition coefficient (Wildman–Crippen LogP) is 4.49. The van der Waals surface area contributed by atoms with Crippen molar-refractivity contribution in [3.05, 3.63) is 72.8 Å². The van der Waals surface area contributed by atoms with Crippen molar-refractivity contribution in [2.24, 2.45) is 0 Å². The summed E-state index contributed by atoms with van der Waals surface area (Å²) in [4.78, 5) is 21.4. The van der Waals surface area contributed by atoms with E-state index < -0.39 is 6.10 Å². The molecule has 1 aliphatic rings. The lowest BCUT2D eigenvalue weighted by Gasteiger charge is -2.25. The molecule has 1 aromatic heterocycles. The first kappa shape index (κ1) is 17.6. The van der Waals surface area contributed by atoms with Crippen LogP contribution in [0.1, 0.15) is 0 Å². The normalized spacial score (nSPS) is 15.2. The minimum Gasteiger partial charge on any atom is -0.485 e. The van der Waals surface area contributed by atoms with Crippen LogP contribution in [0.25, 0.3) is 11.0 Å². The van der Waals surface area contributed by atoms with Crippen molar-refractivity contribution in [2.45, 2.75) is 16.2 Å². The van der Waals surface area contributed by atoms with Gasteiger partial charge in [0.05, 0.1) is 11.0 Å². The van der Waals surface area contributed by atoms with Gasteiger partial charge >= 0.3 is 0 Å². The van der Waals surface area contributed by atoms with E-state index in [-0.39, 0.29) is 12.5 Å². The maximum atomic E-state index is 12.5. The van der Waals surface area contributed by atoms with Crippen molar-refractivity contribution < 1.29 is 14.3 Å². The third-order valence-corrected chi connectivity index (χ3v) is 5.40. The molecule has 29 heavy (non-hydrogen) atoms. The number of benzene rings is 3. The number of carbonyl (C=O) groups excluding carboxylic acids is 1. The summed E-state index contributed by atoms with van der Waals surface area (Å²) in [5.74, 6) is 0.997. The topological polar surface area (TPSA) is 76.2 Å². The number of nitrogens with zero attached hydrogens (tertiary/aromatic N) is 1. The number of fused-ring (bicyclic) bond motifs is 2. The first-order valence-corrected chi connectivity index (χ1v) is 9.98. The number of carbonyl (C=O) groups is 1. The fourth-order valence-electron chi connectivity index (χ4n) is 3.07. The van der Waals surface area contributed by atoms with Crippen LogP contribution in [0.4, 0.5) is 5.69 Å². The molecule has 1 aliphatic heterocycles. The van der Waals surface area contributed by atoms with E-state index in [1.54, 1.807) is 6.07 Å². The highest BCUT2D eigenvalue weighted by atomic mass is 32.2. The molecule has 0 bridgehead atoms. The molecular weight excluding hydrogens is 386 g/mol. The fourth-order valence-corrected chi connectivity index (χ4v) is 3.87. The zero-order valence-corrected chi connectivity index (χ0v) is 16.1. The monoisotopic (exact) mass is 403 g/mol. The minimum absolute atomic E-state index is 0.183. The molecule has 1 amide bonds. The molecule has 4 aromatic rings. The number of aromatic amines is 1. The summed E-state index contributed by atoms with van der Waals surface area (Å²) in [6.45, 7) is 0.183. The highest BCUT2D eigenvalue weighted by Gasteiger charge is 2.27. The van der Waals surface area contributed by atoms with Crippen LogP contribution < -0.4 is 14.8 Å². The Morgan fingerprint density at radius 1 is 1.00 bits per heavy atom. The molecule has 2 heterocycles. The average molecular weight is 403 g/mol. The van der Waals surface area contributed by atoms with Gasteiger partial charge in [0, 0.05) is 10.6 Å². The Morgan fingerprint density at radius 2 is 1.76 bits per heavy atom. The van der Waals surface area contributed by atoms with E-state index >= 15 is 0 Å². The number of aromatic nitrogens is 2. The number of nitrogens with one attached hydrogen (secondary N) is 2. The summed E-state index contributed by atoms with van der Waals surface area (Å²) in [7, 11) is 0. The highest BCUT2D eigenvalue weighted by molar-refractivity contribution is 7.99. The fraction of sp³-hybridized carbons (Fsp3) is 0.0909. The maximum absolute atomic E-state index is 12.5. The van der Waals surface area contributed by atoms with Gasteiger partial charge in [-0.2, -0.15) is 0 Å². The number of H-pyrrole nitrogens is 1. The third kappa shape index (κ3) is 3.77. The van der Waals surface area contributed by atoms with E-state index in [0.29, 0.717) is 17.2 Å². The lowest BCUT2D eigenvalue weighted by atomic mass is 10.2. The van der Waals surface area contributed by atoms with Gasteiger partial charge in [0.25, 0.3) is 5.91 Å². The molecule has 7 heteroatoms. The van der Waals surface area contributed by atoms with Crippen LogP contribution >= 0.6 is 11.8 Å². The SMILES string of the molecule is O=C(Nc1ccc(Sc2nc3ccccc3[nH]2)cc1)[C@@H]1COc2ccccc2O1. The molecule has 1 atom stereocenters. The zero-order valence-electron chi connectivity index (χ0n) is 15.3. The zero-order chi connectivity index (χ0) is 19.6. The second-order valence-electron chi connectivity index (χ2n) is 6.54. The molecule has 6 nitrogen and oxygen atoms in total. The van der Waals surface area contributed by atoms with Crippen LogP contribution in [0.15, 0.2) is 82.8 Å². The van der Waals surface area contributed by atoms with Crippen LogP contribution in [0.2, 0.25) is 0 Å². The summed E-state index contributed by atoms with van der Waals surface area (Å²) in [5, 5.41) is 3.71. The molecule has 0 saturated carbocycles. The molecule has 0 unspecified atom stereocenters. The Hall–Kier alpha value is -3.45. The van der Waals surface area contributed by atoms with E-state index in [1.165, 1.54) is 11.8 Å². The second-order valence-corrected chi connectivity index (χ2v) is 7.60. The number of imidazole rings is 1.